The van der Waals surface area contributed by atoms with Crippen LogP contribution in [-0.2, 0) is 4.79 Å². The molecule has 3 aliphatic rings. The molecule has 0 spiro atoms. The summed E-state index contributed by atoms with van der Waals surface area (Å²) in [5.41, 5.74) is 0.778. The van der Waals surface area contributed by atoms with E-state index in [1.165, 1.54) is 6.07 Å². The fourth-order valence-electron chi connectivity index (χ4n) is 4.51. The third-order valence-corrected chi connectivity index (χ3v) is 6.21. The van der Waals surface area contributed by atoms with Gasteiger partial charge in [0.1, 0.15) is 12.1 Å². The summed E-state index contributed by atoms with van der Waals surface area (Å²) < 4.78 is 0. The number of carbonyl (C=O) groups is 3. The highest BCUT2D eigenvalue weighted by Gasteiger charge is 2.63. The topological polar surface area (TPSA) is 96.8 Å². The van der Waals surface area contributed by atoms with Gasteiger partial charge in [0.2, 0.25) is 0 Å². The Labute approximate surface area is 174 Å². The van der Waals surface area contributed by atoms with E-state index in [2.05, 4.69) is 5.32 Å². The van der Waals surface area contributed by atoms with E-state index in [0.717, 1.165) is 4.90 Å². The number of urea groups is 2. The van der Waals surface area contributed by atoms with Crippen LogP contribution in [0.15, 0.2) is 12.1 Å². The molecule has 0 aliphatic carbocycles. The van der Waals surface area contributed by atoms with Crippen molar-refractivity contribution in [1.82, 2.24) is 15.1 Å². The van der Waals surface area contributed by atoms with Gasteiger partial charge in [0, 0.05) is 12.1 Å². The second-order valence-electron chi connectivity index (χ2n) is 8.78. The third-order valence-electron chi connectivity index (χ3n) is 5.73. The summed E-state index contributed by atoms with van der Waals surface area (Å²) in [6, 6.07) is 3.23. The number of carbonyl (C=O) groups excluding carboxylic acids is 3. The van der Waals surface area contributed by atoms with Gasteiger partial charge in [-0.2, -0.15) is 5.26 Å². The third kappa shape index (κ3) is 2.84. The van der Waals surface area contributed by atoms with Crippen LogP contribution in [0, 0.1) is 18.3 Å². The predicted octanol–water partition coefficient (Wildman–Crippen LogP) is 2.62. The van der Waals surface area contributed by atoms with Gasteiger partial charge in [-0.1, -0.05) is 11.6 Å². The first-order chi connectivity index (χ1) is 13.5. The van der Waals surface area contributed by atoms with E-state index in [1.54, 1.807) is 22.8 Å². The van der Waals surface area contributed by atoms with E-state index in [4.69, 9.17) is 16.9 Å². The molecule has 0 aromatic heterocycles. The van der Waals surface area contributed by atoms with Crippen molar-refractivity contribution >= 4 is 35.3 Å². The Balaban J connectivity index is 1.65. The van der Waals surface area contributed by atoms with Gasteiger partial charge >= 0.3 is 12.1 Å². The number of hydrogen-bond donors (Lipinski definition) is 1. The van der Waals surface area contributed by atoms with Crippen LogP contribution in [0.25, 0.3) is 0 Å². The highest BCUT2D eigenvalue weighted by Crippen LogP contribution is 2.43. The summed E-state index contributed by atoms with van der Waals surface area (Å²) in [5.74, 6) is -0.361. The number of likely N-dealkylation sites (tertiary alicyclic amines) is 1. The fourth-order valence-corrected chi connectivity index (χ4v) is 4.71. The average molecular weight is 416 g/mol. The molecule has 1 unspecified atom stereocenters. The monoisotopic (exact) mass is 415 g/mol. The maximum absolute atomic E-state index is 13.3. The molecule has 4 rings (SSSR count). The van der Waals surface area contributed by atoms with Gasteiger partial charge in [-0.25, -0.2) is 14.5 Å². The molecular formula is C20H22ClN5O3. The largest absolute Gasteiger partial charge is 0.333 e. The van der Waals surface area contributed by atoms with Crippen LogP contribution in [0.5, 0.6) is 0 Å². The molecule has 1 N–H and O–H groups in total. The molecule has 8 nitrogen and oxygen atoms in total. The molecule has 2 bridgehead atoms. The van der Waals surface area contributed by atoms with Crippen LogP contribution < -0.4 is 10.2 Å². The van der Waals surface area contributed by atoms with E-state index in [1.807, 2.05) is 26.8 Å². The van der Waals surface area contributed by atoms with Crippen molar-refractivity contribution in [3.63, 3.8) is 0 Å². The number of piperazine rings is 1. The first-order valence-corrected chi connectivity index (χ1v) is 9.87. The van der Waals surface area contributed by atoms with E-state index in [9.17, 15) is 14.4 Å². The van der Waals surface area contributed by atoms with Crippen molar-refractivity contribution in [1.29, 1.82) is 5.26 Å². The van der Waals surface area contributed by atoms with Gasteiger partial charge in [-0.3, -0.25) is 4.79 Å². The van der Waals surface area contributed by atoms with E-state index in [0.29, 0.717) is 24.2 Å². The van der Waals surface area contributed by atoms with E-state index in [-0.39, 0.29) is 34.6 Å². The molecule has 1 aromatic rings. The van der Waals surface area contributed by atoms with Gasteiger partial charge in [-0.05, 0) is 51.8 Å². The summed E-state index contributed by atoms with van der Waals surface area (Å²) in [7, 11) is 0. The first kappa shape index (κ1) is 19.5. The van der Waals surface area contributed by atoms with Crippen LogP contribution in [0.4, 0.5) is 15.3 Å². The summed E-state index contributed by atoms with van der Waals surface area (Å²) >= 11 is 6.24. The van der Waals surface area contributed by atoms with Gasteiger partial charge in [0.25, 0.3) is 5.91 Å². The quantitative estimate of drug-likeness (QED) is 0.713. The minimum Gasteiger partial charge on any atom is -0.333 e. The van der Waals surface area contributed by atoms with Crippen molar-refractivity contribution in [3.8, 4) is 6.07 Å². The van der Waals surface area contributed by atoms with Gasteiger partial charge in [-0.15, -0.1) is 0 Å². The number of nitrogens with one attached hydrogen (secondary N) is 1. The number of halogens is 1. The van der Waals surface area contributed by atoms with Crippen molar-refractivity contribution in [2.45, 2.75) is 57.8 Å². The molecule has 0 saturated carbocycles. The number of benzene rings is 1. The molecular weight excluding hydrogens is 394 g/mol. The van der Waals surface area contributed by atoms with Crippen molar-refractivity contribution in [2.24, 2.45) is 0 Å². The SMILES string of the molecule is Cc1c(N2C(=O)[C@H]3C4C[C@H](CN4C(=O)NC(C)(C)C)N3C2=O)ccc(C#N)c1Cl. The predicted molar refractivity (Wildman–Crippen MR) is 107 cm³/mol. The molecule has 29 heavy (non-hydrogen) atoms. The lowest BCUT2D eigenvalue weighted by molar-refractivity contribution is -0.121. The molecule has 3 aliphatic heterocycles. The lowest BCUT2D eigenvalue weighted by Gasteiger charge is -2.36. The smallest absolute Gasteiger partial charge is 0.332 e. The number of imide groups is 1. The van der Waals surface area contributed by atoms with E-state index >= 15 is 0 Å². The Morgan fingerprint density at radius 2 is 2.00 bits per heavy atom. The van der Waals surface area contributed by atoms with E-state index < -0.39 is 17.6 Å². The van der Waals surface area contributed by atoms with Crippen molar-refractivity contribution in [3.05, 3.63) is 28.3 Å². The summed E-state index contributed by atoms with van der Waals surface area (Å²) in [4.78, 5) is 43.5. The normalized spacial score (nSPS) is 25.5. The Morgan fingerprint density at radius 1 is 1.31 bits per heavy atom. The highest BCUT2D eigenvalue weighted by atomic mass is 35.5. The Hall–Kier alpha value is -2.79. The number of anilines is 1. The molecule has 152 valence electrons. The van der Waals surface area contributed by atoms with Crippen LogP contribution in [0.1, 0.15) is 38.3 Å². The molecule has 5 amide bonds. The lowest BCUT2D eigenvalue weighted by atomic mass is 10.1. The second-order valence-corrected chi connectivity index (χ2v) is 9.16. The zero-order chi connectivity index (χ0) is 21.2. The maximum atomic E-state index is 13.3. The molecule has 9 heteroatoms. The first-order valence-electron chi connectivity index (χ1n) is 9.49. The Kier molecular flexibility index (Phi) is 4.28. The van der Waals surface area contributed by atoms with Gasteiger partial charge in [0.05, 0.1) is 28.4 Å². The minimum atomic E-state index is -0.694. The number of nitriles is 1. The standard InChI is InChI=1S/C20H22ClN5O3/c1-10-13(6-5-11(8-22)15(10)21)26-17(27)16-14-7-12(25(16)19(26)29)9-24(14)18(28)23-20(2,3)4/h5-6,12,14,16H,7,9H2,1-4H3,(H,23,28)/t12-,14?,16-/m1/s1. The molecule has 3 atom stereocenters. The lowest BCUT2D eigenvalue weighted by Crippen LogP contribution is -2.59. The number of fused-ring (bicyclic) bond motifs is 5. The maximum Gasteiger partial charge on any atom is 0.332 e. The van der Waals surface area contributed by atoms with Gasteiger partial charge < -0.3 is 15.1 Å². The van der Waals surface area contributed by atoms with Crippen LogP contribution in [0.2, 0.25) is 5.02 Å². The summed E-state index contributed by atoms with van der Waals surface area (Å²) in [6.07, 6.45) is 0.598. The second kappa shape index (κ2) is 6.36. The highest BCUT2D eigenvalue weighted by molar-refractivity contribution is 6.33. The van der Waals surface area contributed by atoms with Crippen molar-refractivity contribution < 1.29 is 14.4 Å². The van der Waals surface area contributed by atoms with Crippen LogP contribution in [-0.4, -0.2) is 58.0 Å². The molecule has 0 radical (unpaired) electrons. The number of nitrogens with zero attached hydrogens (tertiary/aromatic N) is 4. The van der Waals surface area contributed by atoms with Crippen LogP contribution >= 0.6 is 11.6 Å². The average Bonchev–Trinajstić information content (AvgIpc) is 3.28. The summed E-state index contributed by atoms with van der Waals surface area (Å²) in [5, 5.41) is 12.3. The molecule has 3 heterocycles. The number of amides is 5. The number of rotatable bonds is 1. The summed E-state index contributed by atoms with van der Waals surface area (Å²) in [6.45, 7) is 7.78. The molecule has 1 aromatic carbocycles. The minimum absolute atomic E-state index is 0.189. The zero-order valence-corrected chi connectivity index (χ0v) is 17.4. The molecule has 3 saturated heterocycles. The Bertz CT molecular complexity index is 980. The van der Waals surface area contributed by atoms with Gasteiger partial charge in [0.15, 0.2) is 0 Å². The fraction of sp³-hybridized carbons (Fsp3) is 0.500. The molecule has 3 fully saturated rings. The van der Waals surface area contributed by atoms with Crippen molar-refractivity contribution in [2.75, 3.05) is 11.4 Å². The zero-order valence-electron chi connectivity index (χ0n) is 16.7. The van der Waals surface area contributed by atoms with Crippen LogP contribution in [0.3, 0.4) is 0 Å². The Morgan fingerprint density at radius 3 is 2.62 bits per heavy atom. The number of hydrogen-bond acceptors (Lipinski definition) is 4.